The zero-order chi connectivity index (χ0) is 20.5. The Bertz CT molecular complexity index is 1270. The lowest BCUT2D eigenvalue weighted by molar-refractivity contribution is -0.139. The van der Waals surface area contributed by atoms with E-state index in [0.717, 1.165) is 0 Å². The Balaban J connectivity index is 2.03. The smallest absolute Gasteiger partial charge is 0.341 e. The minimum atomic E-state index is -1.15. The van der Waals surface area contributed by atoms with Gasteiger partial charge >= 0.3 is 5.97 Å². The quantitative estimate of drug-likeness (QED) is 0.524. The molecule has 3 N–H and O–H groups in total. The van der Waals surface area contributed by atoms with E-state index in [2.05, 4.69) is 4.98 Å². The number of carboxylic acids is 1. The van der Waals surface area contributed by atoms with Gasteiger partial charge in [0.1, 0.15) is 11.6 Å². The fourth-order valence-corrected chi connectivity index (χ4v) is 3.47. The number of pyridine rings is 1. The Morgan fingerprint density at radius 1 is 1.07 bits per heavy atom. The number of halogens is 1. The Morgan fingerprint density at radius 3 is 2.59 bits per heavy atom. The van der Waals surface area contributed by atoms with Gasteiger partial charge in [-0.15, -0.1) is 0 Å². The van der Waals surface area contributed by atoms with Crippen LogP contribution in [0.5, 0.6) is 5.75 Å². The van der Waals surface area contributed by atoms with E-state index in [1.165, 1.54) is 12.3 Å². The van der Waals surface area contributed by atoms with Gasteiger partial charge in [-0.05, 0) is 18.2 Å². The van der Waals surface area contributed by atoms with Gasteiger partial charge in [-0.1, -0.05) is 24.3 Å². The first-order valence-electron chi connectivity index (χ1n) is 8.74. The molecular weight excluding hydrogens is 377 g/mol. The average Bonchev–Trinajstić information content (AvgIpc) is 3.02. The number of rotatable bonds is 6. The van der Waals surface area contributed by atoms with Crippen LogP contribution in [0.2, 0.25) is 0 Å². The molecule has 0 aliphatic rings. The van der Waals surface area contributed by atoms with Crippen LogP contribution in [-0.4, -0.2) is 33.1 Å². The SMILES string of the molecule is NC(=O)c1cccc2c1c1c(OCC(=O)O)cncc1n2Cc1ccccc1F. The highest BCUT2D eigenvalue weighted by atomic mass is 19.1. The fraction of sp³-hybridized carbons (Fsp3) is 0.0952. The molecule has 146 valence electrons. The Morgan fingerprint density at radius 2 is 1.86 bits per heavy atom. The van der Waals surface area contributed by atoms with Crippen LogP contribution in [0.1, 0.15) is 15.9 Å². The first-order chi connectivity index (χ1) is 14.0. The maximum atomic E-state index is 14.3. The number of ether oxygens (including phenoxy) is 1. The molecule has 0 unspecified atom stereocenters. The highest BCUT2D eigenvalue weighted by Gasteiger charge is 2.21. The van der Waals surface area contributed by atoms with Crippen molar-refractivity contribution in [2.24, 2.45) is 5.73 Å². The predicted octanol–water partition coefficient (Wildman–Crippen LogP) is 2.94. The molecule has 0 spiro atoms. The van der Waals surface area contributed by atoms with Crippen LogP contribution in [0.25, 0.3) is 21.8 Å². The van der Waals surface area contributed by atoms with Gasteiger partial charge in [0.25, 0.3) is 0 Å². The number of fused-ring (bicyclic) bond motifs is 3. The molecular formula is C21H16FN3O4. The molecule has 0 saturated heterocycles. The van der Waals surface area contributed by atoms with Gasteiger partial charge < -0.3 is 20.1 Å². The van der Waals surface area contributed by atoms with E-state index in [0.29, 0.717) is 27.4 Å². The summed E-state index contributed by atoms with van der Waals surface area (Å²) in [5, 5.41) is 9.98. The molecule has 29 heavy (non-hydrogen) atoms. The van der Waals surface area contributed by atoms with Crippen molar-refractivity contribution in [2.45, 2.75) is 6.54 Å². The predicted molar refractivity (Wildman–Crippen MR) is 104 cm³/mol. The molecule has 0 bridgehead atoms. The number of nitrogens with zero attached hydrogens (tertiary/aromatic N) is 2. The normalized spacial score (nSPS) is 11.1. The first-order valence-corrected chi connectivity index (χ1v) is 8.74. The lowest BCUT2D eigenvalue weighted by Gasteiger charge is -2.09. The lowest BCUT2D eigenvalue weighted by atomic mass is 10.1. The van der Waals surface area contributed by atoms with Crippen LogP contribution >= 0.6 is 0 Å². The summed E-state index contributed by atoms with van der Waals surface area (Å²) in [4.78, 5) is 27.2. The number of hydrogen-bond donors (Lipinski definition) is 2. The van der Waals surface area contributed by atoms with Gasteiger partial charge in [-0.3, -0.25) is 9.78 Å². The third-order valence-electron chi connectivity index (χ3n) is 4.67. The molecule has 8 heteroatoms. The van der Waals surface area contributed by atoms with Gasteiger partial charge in [0.2, 0.25) is 5.91 Å². The van der Waals surface area contributed by atoms with Crippen LogP contribution < -0.4 is 10.5 Å². The second-order valence-corrected chi connectivity index (χ2v) is 6.46. The van der Waals surface area contributed by atoms with Gasteiger partial charge in [-0.25, -0.2) is 9.18 Å². The largest absolute Gasteiger partial charge is 0.480 e. The molecule has 0 fully saturated rings. The zero-order valence-electron chi connectivity index (χ0n) is 15.1. The fourth-order valence-electron chi connectivity index (χ4n) is 3.47. The number of nitrogens with two attached hydrogens (primary N) is 1. The van der Waals surface area contributed by atoms with Crippen molar-refractivity contribution in [1.82, 2.24) is 9.55 Å². The number of hydrogen-bond acceptors (Lipinski definition) is 4. The van der Waals surface area contributed by atoms with Gasteiger partial charge in [0, 0.05) is 16.5 Å². The summed E-state index contributed by atoms with van der Waals surface area (Å²) in [6.07, 6.45) is 2.95. The van der Waals surface area contributed by atoms with E-state index in [9.17, 15) is 14.0 Å². The molecule has 2 aromatic carbocycles. The molecule has 4 rings (SSSR count). The van der Waals surface area contributed by atoms with E-state index in [-0.39, 0.29) is 23.7 Å². The van der Waals surface area contributed by atoms with Crippen molar-refractivity contribution in [1.29, 1.82) is 0 Å². The summed E-state index contributed by atoms with van der Waals surface area (Å²) < 4.78 is 21.5. The van der Waals surface area contributed by atoms with E-state index in [1.807, 2.05) is 0 Å². The highest BCUT2D eigenvalue weighted by molar-refractivity contribution is 6.19. The van der Waals surface area contributed by atoms with Crippen molar-refractivity contribution in [3.05, 3.63) is 71.8 Å². The Kier molecular flexibility index (Phi) is 4.59. The van der Waals surface area contributed by atoms with Crippen molar-refractivity contribution < 1.29 is 23.8 Å². The second kappa shape index (κ2) is 7.23. The van der Waals surface area contributed by atoms with Crippen LogP contribution in [0, 0.1) is 5.82 Å². The number of carbonyl (C=O) groups excluding carboxylic acids is 1. The second-order valence-electron chi connectivity index (χ2n) is 6.46. The maximum absolute atomic E-state index is 14.3. The Hall–Kier alpha value is -3.94. The lowest BCUT2D eigenvalue weighted by Crippen LogP contribution is -2.11. The number of benzene rings is 2. The number of aliphatic carboxylic acids is 1. The molecule has 2 heterocycles. The molecule has 0 aliphatic heterocycles. The highest BCUT2D eigenvalue weighted by Crippen LogP contribution is 2.37. The topological polar surface area (TPSA) is 107 Å². The van der Waals surface area contributed by atoms with Gasteiger partial charge in [0.05, 0.1) is 35.4 Å². The third-order valence-corrected chi connectivity index (χ3v) is 4.67. The minimum Gasteiger partial charge on any atom is -0.480 e. The molecule has 0 atom stereocenters. The maximum Gasteiger partial charge on any atom is 0.341 e. The number of carbonyl (C=O) groups is 2. The molecule has 2 aromatic heterocycles. The number of aromatic nitrogens is 2. The molecule has 4 aromatic rings. The number of carboxylic acid groups (broad SMARTS) is 1. The monoisotopic (exact) mass is 393 g/mol. The average molecular weight is 393 g/mol. The standard InChI is InChI=1S/C21H16FN3O4/c22-14-6-2-1-4-12(14)10-25-15-7-3-5-13(21(23)28)19(15)20-16(25)8-24-9-17(20)29-11-18(26)27/h1-9H,10-11H2,(H2,23,28)(H,26,27). The van der Waals surface area contributed by atoms with Crippen molar-refractivity contribution >= 4 is 33.7 Å². The molecule has 0 aliphatic carbocycles. The van der Waals surface area contributed by atoms with E-state index < -0.39 is 18.5 Å². The van der Waals surface area contributed by atoms with Crippen LogP contribution in [0.3, 0.4) is 0 Å². The van der Waals surface area contributed by atoms with Gasteiger partial charge in [0.15, 0.2) is 6.61 Å². The molecule has 0 radical (unpaired) electrons. The summed E-state index contributed by atoms with van der Waals surface area (Å²) >= 11 is 0. The van der Waals surface area contributed by atoms with Crippen molar-refractivity contribution in [3.63, 3.8) is 0 Å². The molecule has 0 saturated carbocycles. The summed E-state index contributed by atoms with van der Waals surface area (Å²) in [7, 11) is 0. The van der Waals surface area contributed by atoms with Crippen molar-refractivity contribution in [3.8, 4) is 5.75 Å². The first kappa shape index (κ1) is 18.4. The summed E-state index contributed by atoms with van der Waals surface area (Å²) in [5.41, 5.74) is 7.48. The third kappa shape index (κ3) is 3.25. The van der Waals surface area contributed by atoms with Crippen LogP contribution in [0.4, 0.5) is 4.39 Å². The Labute approximate surface area is 164 Å². The van der Waals surface area contributed by atoms with Crippen molar-refractivity contribution in [2.75, 3.05) is 6.61 Å². The minimum absolute atomic E-state index is 0.180. The zero-order valence-corrected chi connectivity index (χ0v) is 15.1. The number of primary amides is 1. The van der Waals surface area contributed by atoms with E-state index in [1.54, 1.807) is 47.2 Å². The van der Waals surface area contributed by atoms with Gasteiger partial charge in [-0.2, -0.15) is 0 Å². The number of amides is 1. The van der Waals surface area contributed by atoms with Crippen LogP contribution in [-0.2, 0) is 11.3 Å². The molecule has 1 amide bonds. The van der Waals surface area contributed by atoms with E-state index in [4.69, 9.17) is 15.6 Å². The molecule has 7 nitrogen and oxygen atoms in total. The van der Waals surface area contributed by atoms with Crippen LogP contribution in [0.15, 0.2) is 54.9 Å². The summed E-state index contributed by atoms with van der Waals surface area (Å²) in [6, 6.07) is 11.4. The summed E-state index contributed by atoms with van der Waals surface area (Å²) in [5.74, 6) is -1.94. The summed E-state index contributed by atoms with van der Waals surface area (Å²) in [6.45, 7) is -0.390. The van der Waals surface area contributed by atoms with E-state index >= 15 is 0 Å².